The van der Waals surface area contributed by atoms with E-state index in [-0.39, 0.29) is 5.56 Å². The topological polar surface area (TPSA) is 86.8 Å². The number of nitrogens with one attached hydrogen (secondary N) is 1. The monoisotopic (exact) mass is 400 g/mol. The molecule has 1 aromatic carbocycles. The van der Waals surface area contributed by atoms with E-state index in [2.05, 4.69) is 26.2 Å². The van der Waals surface area contributed by atoms with Gasteiger partial charge in [-0.2, -0.15) is 0 Å². The van der Waals surface area contributed by atoms with Gasteiger partial charge in [-0.3, -0.25) is 10.1 Å². The highest BCUT2D eigenvalue weighted by atomic mass is 79.9. The van der Waals surface area contributed by atoms with Gasteiger partial charge in [0.2, 0.25) is 0 Å². The zero-order valence-electron chi connectivity index (χ0n) is 12.3. The smallest absolute Gasteiger partial charge is 0.346 e. The Morgan fingerprint density at radius 3 is 2.43 bits per heavy atom. The van der Waals surface area contributed by atoms with Crippen molar-refractivity contribution in [3.05, 3.63) is 33.7 Å². The molecule has 0 fully saturated rings. The second-order valence-electron chi connectivity index (χ2n) is 4.13. The molecule has 0 spiro atoms. The molecule has 2 rings (SSSR count). The van der Waals surface area contributed by atoms with Crippen LogP contribution in [0.3, 0.4) is 0 Å². The number of thiazole rings is 1. The predicted molar refractivity (Wildman–Crippen MR) is 88.3 cm³/mol. The fraction of sp³-hybridized carbons (Fsp3) is 0.214. The number of hydrogen-bond donors (Lipinski definition) is 1. The van der Waals surface area contributed by atoms with Gasteiger partial charge in [-0.1, -0.05) is 17.4 Å². The maximum atomic E-state index is 12.2. The fourth-order valence-corrected chi connectivity index (χ4v) is 2.85. The Labute approximate surface area is 144 Å². The van der Waals surface area contributed by atoms with Crippen molar-refractivity contribution in [1.82, 2.24) is 4.98 Å². The molecule has 0 atom stereocenters. The average molecular weight is 401 g/mol. The molecule has 23 heavy (non-hydrogen) atoms. The van der Waals surface area contributed by atoms with Crippen LogP contribution in [0.15, 0.2) is 28.2 Å². The molecule has 9 heteroatoms. The molecule has 1 amide bonds. The largest absolute Gasteiger partial charge is 0.496 e. The normalized spacial score (nSPS) is 10.0. The summed E-state index contributed by atoms with van der Waals surface area (Å²) in [5, 5.41) is 2.94. The van der Waals surface area contributed by atoms with E-state index in [1.54, 1.807) is 24.4 Å². The number of anilines is 1. The summed E-state index contributed by atoms with van der Waals surface area (Å²) >= 11 is 4.49. The Morgan fingerprint density at radius 2 is 1.91 bits per heavy atom. The van der Waals surface area contributed by atoms with E-state index in [1.807, 2.05) is 0 Å². The third-order valence-corrected chi connectivity index (χ3v) is 4.08. The first kappa shape index (κ1) is 17.2. The third-order valence-electron chi connectivity index (χ3n) is 2.69. The van der Waals surface area contributed by atoms with Crippen LogP contribution in [0.2, 0.25) is 0 Å². The van der Waals surface area contributed by atoms with Crippen LogP contribution in [0.4, 0.5) is 5.13 Å². The fourth-order valence-electron chi connectivity index (χ4n) is 1.72. The molecule has 122 valence electrons. The number of hydrogen-bond acceptors (Lipinski definition) is 7. The summed E-state index contributed by atoms with van der Waals surface area (Å²) in [5.74, 6) is -0.596. The van der Waals surface area contributed by atoms with E-state index in [1.165, 1.54) is 25.6 Å². The molecule has 1 N–H and O–H groups in total. The van der Waals surface area contributed by atoms with E-state index in [0.717, 1.165) is 3.79 Å². The Morgan fingerprint density at radius 1 is 1.26 bits per heavy atom. The lowest BCUT2D eigenvalue weighted by atomic mass is 10.2. The lowest BCUT2D eigenvalue weighted by Crippen LogP contribution is -2.21. The van der Waals surface area contributed by atoms with Crippen molar-refractivity contribution < 1.29 is 23.8 Å². The highest BCUT2D eigenvalue weighted by Gasteiger charge is 2.20. The molecule has 0 unspecified atom stereocenters. The van der Waals surface area contributed by atoms with Crippen LogP contribution in [0.25, 0.3) is 0 Å². The van der Waals surface area contributed by atoms with Crippen molar-refractivity contribution in [2.45, 2.75) is 0 Å². The zero-order valence-corrected chi connectivity index (χ0v) is 14.7. The summed E-state index contributed by atoms with van der Waals surface area (Å²) in [5.41, 5.74) is 0.127. The standard InChI is InChI=1S/C14H13BrN2O5S/c1-20-8-4-3-5-9(21-2)12(8)13(19)22-7-11(18)17-14-16-6-10(15)23-14/h3-6H,7H2,1-2H3,(H,16,17,18). The second-order valence-corrected chi connectivity index (χ2v) is 6.54. The van der Waals surface area contributed by atoms with Gasteiger partial charge in [0.05, 0.1) is 24.2 Å². The minimum absolute atomic E-state index is 0.127. The molecule has 0 aliphatic rings. The molecule has 0 saturated carbocycles. The molecule has 2 aromatic rings. The summed E-state index contributed by atoms with van der Waals surface area (Å²) in [6, 6.07) is 4.89. The van der Waals surface area contributed by atoms with Crippen LogP contribution in [0.1, 0.15) is 10.4 Å². The first-order chi connectivity index (χ1) is 11.0. The number of carbonyl (C=O) groups excluding carboxylic acids is 2. The van der Waals surface area contributed by atoms with Gasteiger partial charge in [0.15, 0.2) is 11.7 Å². The highest BCUT2D eigenvalue weighted by Crippen LogP contribution is 2.29. The second kappa shape index (κ2) is 7.93. The van der Waals surface area contributed by atoms with Crippen molar-refractivity contribution >= 4 is 44.3 Å². The van der Waals surface area contributed by atoms with Gasteiger partial charge in [0.1, 0.15) is 17.1 Å². The van der Waals surface area contributed by atoms with Gasteiger partial charge in [0, 0.05) is 0 Å². The van der Waals surface area contributed by atoms with E-state index >= 15 is 0 Å². The molecule has 7 nitrogen and oxygen atoms in total. The number of nitrogens with zero attached hydrogens (tertiary/aromatic N) is 1. The van der Waals surface area contributed by atoms with Crippen molar-refractivity contribution in [2.24, 2.45) is 0 Å². The molecular weight excluding hydrogens is 388 g/mol. The molecule has 1 aromatic heterocycles. The lowest BCUT2D eigenvalue weighted by molar-refractivity contribution is -0.119. The van der Waals surface area contributed by atoms with Crippen LogP contribution in [-0.4, -0.2) is 37.7 Å². The Balaban J connectivity index is 2.01. The van der Waals surface area contributed by atoms with Gasteiger partial charge in [-0.25, -0.2) is 9.78 Å². The summed E-state index contributed by atoms with van der Waals surface area (Å²) < 4.78 is 16.0. The zero-order chi connectivity index (χ0) is 16.8. The van der Waals surface area contributed by atoms with Gasteiger partial charge in [0.25, 0.3) is 5.91 Å². The maximum absolute atomic E-state index is 12.2. The van der Waals surface area contributed by atoms with Crippen LogP contribution >= 0.6 is 27.3 Å². The number of benzene rings is 1. The summed E-state index contributed by atoms with van der Waals surface area (Å²) in [6.45, 7) is -0.447. The Kier molecular flexibility index (Phi) is 5.94. The van der Waals surface area contributed by atoms with E-state index < -0.39 is 18.5 Å². The van der Waals surface area contributed by atoms with E-state index in [4.69, 9.17) is 14.2 Å². The highest BCUT2D eigenvalue weighted by molar-refractivity contribution is 9.11. The summed E-state index contributed by atoms with van der Waals surface area (Å²) in [6.07, 6.45) is 1.56. The number of halogens is 1. The van der Waals surface area contributed by atoms with E-state index in [0.29, 0.717) is 16.6 Å². The van der Waals surface area contributed by atoms with Crippen molar-refractivity contribution in [1.29, 1.82) is 0 Å². The van der Waals surface area contributed by atoms with Crippen molar-refractivity contribution in [3.8, 4) is 11.5 Å². The van der Waals surface area contributed by atoms with Crippen LogP contribution in [0.5, 0.6) is 11.5 Å². The first-order valence-electron chi connectivity index (χ1n) is 6.34. The minimum atomic E-state index is -0.713. The Bertz CT molecular complexity index is 697. The van der Waals surface area contributed by atoms with Gasteiger partial charge < -0.3 is 14.2 Å². The number of aromatic nitrogens is 1. The number of esters is 1. The number of carbonyl (C=O) groups is 2. The summed E-state index contributed by atoms with van der Waals surface area (Å²) in [7, 11) is 2.86. The van der Waals surface area contributed by atoms with Crippen LogP contribution in [-0.2, 0) is 9.53 Å². The molecule has 0 aliphatic heterocycles. The van der Waals surface area contributed by atoms with Crippen LogP contribution < -0.4 is 14.8 Å². The van der Waals surface area contributed by atoms with Gasteiger partial charge in [-0.15, -0.1) is 0 Å². The third kappa shape index (κ3) is 4.42. The number of amides is 1. The average Bonchev–Trinajstić information content (AvgIpc) is 2.96. The quantitative estimate of drug-likeness (QED) is 0.750. The van der Waals surface area contributed by atoms with E-state index in [9.17, 15) is 9.59 Å². The lowest BCUT2D eigenvalue weighted by Gasteiger charge is -2.12. The van der Waals surface area contributed by atoms with Crippen molar-refractivity contribution in [3.63, 3.8) is 0 Å². The molecule has 0 radical (unpaired) electrons. The number of rotatable bonds is 6. The summed E-state index contributed by atoms with van der Waals surface area (Å²) in [4.78, 5) is 27.9. The molecule has 0 aliphatic carbocycles. The van der Waals surface area contributed by atoms with Gasteiger partial charge in [-0.05, 0) is 28.1 Å². The SMILES string of the molecule is COc1cccc(OC)c1C(=O)OCC(=O)Nc1ncc(Br)s1. The maximum Gasteiger partial charge on any atom is 0.346 e. The van der Waals surface area contributed by atoms with Gasteiger partial charge >= 0.3 is 5.97 Å². The first-order valence-corrected chi connectivity index (χ1v) is 7.95. The number of ether oxygens (including phenoxy) is 3. The molecular formula is C14H13BrN2O5S. The number of methoxy groups -OCH3 is 2. The van der Waals surface area contributed by atoms with Crippen LogP contribution in [0, 0.1) is 0 Å². The van der Waals surface area contributed by atoms with Crippen molar-refractivity contribution in [2.75, 3.05) is 26.1 Å². The molecule has 0 bridgehead atoms. The Hall–Kier alpha value is -2.13. The predicted octanol–water partition coefficient (Wildman–Crippen LogP) is 2.72. The molecule has 1 heterocycles. The molecule has 0 saturated heterocycles. The minimum Gasteiger partial charge on any atom is -0.496 e.